The van der Waals surface area contributed by atoms with E-state index in [1.807, 2.05) is 25.4 Å². The second-order valence-corrected chi connectivity index (χ2v) is 5.06. The van der Waals surface area contributed by atoms with Gasteiger partial charge < -0.3 is 5.73 Å². The fourth-order valence-electron chi connectivity index (χ4n) is 1.78. The maximum Gasteiger partial charge on any atom is 0.180 e. The molecule has 6 heteroatoms. The molecule has 0 saturated carbocycles. The van der Waals surface area contributed by atoms with Crippen LogP contribution in [-0.4, -0.2) is 20.5 Å². The third-order valence-electron chi connectivity index (χ3n) is 2.72. The largest absolute Gasteiger partial charge is 0.375 e. The molecular formula is C12H16N4OS. The zero-order chi connectivity index (χ0) is 13.1. The summed E-state index contributed by atoms with van der Waals surface area (Å²) in [7, 11) is 1.86. The third kappa shape index (κ3) is 2.95. The van der Waals surface area contributed by atoms with Crippen LogP contribution in [0.2, 0.25) is 0 Å². The van der Waals surface area contributed by atoms with Crippen molar-refractivity contribution in [2.24, 2.45) is 7.05 Å². The molecule has 2 aromatic heterocycles. The molecule has 0 spiro atoms. The van der Waals surface area contributed by atoms with Gasteiger partial charge in [-0.2, -0.15) is 5.10 Å². The minimum Gasteiger partial charge on any atom is -0.375 e. The van der Waals surface area contributed by atoms with Gasteiger partial charge in [-0.1, -0.05) is 6.92 Å². The first-order chi connectivity index (χ1) is 8.58. The van der Waals surface area contributed by atoms with Crippen LogP contribution in [0.3, 0.4) is 0 Å². The van der Waals surface area contributed by atoms with E-state index in [4.69, 9.17) is 5.73 Å². The second-order valence-electron chi connectivity index (χ2n) is 4.17. The van der Waals surface area contributed by atoms with Crippen molar-refractivity contribution in [1.29, 1.82) is 0 Å². The summed E-state index contributed by atoms with van der Waals surface area (Å²) in [4.78, 5) is 16.0. The summed E-state index contributed by atoms with van der Waals surface area (Å²) in [6.45, 7) is 2.05. The monoisotopic (exact) mass is 264 g/mol. The van der Waals surface area contributed by atoms with Crippen LogP contribution < -0.4 is 5.73 Å². The highest BCUT2D eigenvalue weighted by atomic mass is 32.1. The van der Waals surface area contributed by atoms with Crippen molar-refractivity contribution in [3.05, 3.63) is 28.5 Å². The lowest BCUT2D eigenvalue weighted by molar-refractivity contribution is -0.117. The van der Waals surface area contributed by atoms with Gasteiger partial charge in [0.25, 0.3) is 0 Å². The lowest BCUT2D eigenvalue weighted by Gasteiger charge is -1.99. The number of thiazole rings is 1. The van der Waals surface area contributed by atoms with Crippen LogP contribution in [0.15, 0.2) is 11.4 Å². The predicted molar refractivity (Wildman–Crippen MR) is 71.5 cm³/mol. The molecule has 0 unspecified atom stereocenters. The van der Waals surface area contributed by atoms with Crippen molar-refractivity contribution in [3.63, 3.8) is 0 Å². The Bertz CT molecular complexity index is 558. The molecule has 0 bridgehead atoms. The molecule has 96 valence electrons. The average Bonchev–Trinajstić information content (AvgIpc) is 2.86. The van der Waals surface area contributed by atoms with E-state index in [0.717, 1.165) is 23.5 Å². The molecule has 0 aliphatic rings. The smallest absolute Gasteiger partial charge is 0.180 e. The summed E-state index contributed by atoms with van der Waals surface area (Å²) in [5.41, 5.74) is 8.24. The van der Waals surface area contributed by atoms with Gasteiger partial charge in [-0.15, -0.1) is 11.3 Å². The molecule has 2 rings (SSSR count). The zero-order valence-corrected chi connectivity index (χ0v) is 11.3. The van der Waals surface area contributed by atoms with E-state index in [0.29, 0.717) is 18.0 Å². The van der Waals surface area contributed by atoms with Crippen LogP contribution in [-0.2, 0) is 31.1 Å². The number of nitrogens with two attached hydrogens (primary N) is 1. The summed E-state index contributed by atoms with van der Waals surface area (Å²) in [6, 6.07) is 1.98. The van der Waals surface area contributed by atoms with E-state index in [2.05, 4.69) is 10.1 Å². The van der Waals surface area contributed by atoms with Crippen molar-refractivity contribution in [2.45, 2.75) is 26.2 Å². The van der Waals surface area contributed by atoms with Gasteiger partial charge in [0.1, 0.15) is 5.78 Å². The molecule has 0 aliphatic carbocycles. The molecule has 5 nitrogen and oxygen atoms in total. The molecule has 0 atom stereocenters. The van der Waals surface area contributed by atoms with E-state index in [1.54, 1.807) is 4.68 Å². The molecule has 18 heavy (non-hydrogen) atoms. The number of hydrogen-bond acceptors (Lipinski definition) is 5. The Morgan fingerprint density at radius 3 is 2.78 bits per heavy atom. The molecule has 0 radical (unpaired) electrons. The van der Waals surface area contributed by atoms with E-state index in [-0.39, 0.29) is 5.78 Å². The number of rotatable bonds is 5. The predicted octanol–water partition coefficient (Wildman–Crippen LogP) is 1.38. The van der Waals surface area contributed by atoms with Crippen molar-refractivity contribution in [2.75, 3.05) is 5.73 Å². The van der Waals surface area contributed by atoms with Crippen LogP contribution in [0, 0.1) is 0 Å². The van der Waals surface area contributed by atoms with Gasteiger partial charge in [0.15, 0.2) is 5.13 Å². The highest BCUT2D eigenvalue weighted by Crippen LogP contribution is 2.13. The lowest BCUT2D eigenvalue weighted by Crippen LogP contribution is -2.10. The normalized spacial score (nSPS) is 10.8. The standard InChI is InChI=1S/C12H16N4OS/c1-3-8-4-10(16(2)15-8)6-11(17)5-9-7-18-12(13)14-9/h4,7H,3,5-6H2,1-2H3,(H2,13,14). The summed E-state index contributed by atoms with van der Waals surface area (Å²) < 4.78 is 1.77. The first-order valence-corrected chi connectivity index (χ1v) is 6.69. The third-order valence-corrected chi connectivity index (χ3v) is 3.44. The van der Waals surface area contributed by atoms with Gasteiger partial charge in [-0.05, 0) is 12.5 Å². The van der Waals surface area contributed by atoms with E-state index in [9.17, 15) is 4.79 Å². The van der Waals surface area contributed by atoms with Crippen molar-refractivity contribution in [3.8, 4) is 0 Å². The fourth-order valence-corrected chi connectivity index (χ4v) is 2.34. The minimum absolute atomic E-state index is 0.131. The molecule has 0 fully saturated rings. The summed E-state index contributed by atoms with van der Waals surface area (Å²) >= 11 is 1.36. The maximum absolute atomic E-state index is 11.9. The number of ketones is 1. The number of anilines is 1. The van der Waals surface area contributed by atoms with Crippen LogP contribution in [0.4, 0.5) is 5.13 Å². The Labute approximate surface area is 110 Å². The highest BCUT2D eigenvalue weighted by Gasteiger charge is 2.11. The van der Waals surface area contributed by atoms with Gasteiger partial charge in [-0.3, -0.25) is 9.48 Å². The molecule has 2 heterocycles. The minimum atomic E-state index is 0.131. The zero-order valence-electron chi connectivity index (χ0n) is 10.5. The van der Waals surface area contributed by atoms with Gasteiger partial charge in [-0.25, -0.2) is 4.98 Å². The Hall–Kier alpha value is -1.69. The average molecular weight is 264 g/mol. The number of nitrogen functional groups attached to an aromatic ring is 1. The Kier molecular flexibility index (Phi) is 3.76. The summed E-state index contributed by atoms with van der Waals surface area (Å²) in [5, 5.41) is 6.66. The number of nitrogens with zero attached hydrogens (tertiary/aromatic N) is 3. The Morgan fingerprint density at radius 2 is 2.22 bits per heavy atom. The van der Waals surface area contributed by atoms with Crippen LogP contribution in [0.25, 0.3) is 0 Å². The van der Waals surface area contributed by atoms with Crippen LogP contribution >= 0.6 is 11.3 Å². The Morgan fingerprint density at radius 1 is 1.44 bits per heavy atom. The molecule has 2 N–H and O–H groups in total. The van der Waals surface area contributed by atoms with Crippen molar-refractivity contribution < 1.29 is 4.79 Å². The first-order valence-electron chi connectivity index (χ1n) is 5.82. The van der Waals surface area contributed by atoms with Crippen molar-refractivity contribution >= 4 is 22.3 Å². The van der Waals surface area contributed by atoms with E-state index < -0.39 is 0 Å². The van der Waals surface area contributed by atoms with Crippen LogP contribution in [0.1, 0.15) is 24.0 Å². The number of carbonyl (C=O) groups excluding carboxylic acids is 1. The molecule has 0 amide bonds. The number of aryl methyl sites for hydroxylation is 2. The van der Waals surface area contributed by atoms with E-state index in [1.165, 1.54) is 11.3 Å². The second kappa shape index (κ2) is 5.30. The highest BCUT2D eigenvalue weighted by molar-refractivity contribution is 7.13. The molecule has 0 saturated heterocycles. The van der Waals surface area contributed by atoms with Crippen molar-refractivity contribution in [1.82, 2.24) is 14.8 Å². The lowest BCUT2D eigenvalue weighted by atomic mass is 10.1. The van der Waals surface area contributed by atoms with E-state index >= 15 is 0 Å². The number of carbonyl (C=O) groups is 1. The van der Waals surface area contributed by atoms with Gasteiger partial charge in [0.2, 0.25) is 0 Å². The molecule has 2 aromatic rings. The Balaban J connectivity index is 2.00. The molecule has 0 aliphatic heterocycles. The summed E-state index contributed by atoms with van der Waals surface area (Å²) in [6.07, 6.45) is 1.60. The first kappa shape index (κ1) is 12.8. The summed E-state index contributed by atoms with van der Waals surface area (Å²) in [5.74, 6) is 0.131. The molecule has 0 aromatic carbocycles. The number of hydrogen-bond donors (Lipinski definition) is 1. The molecular weight excluding hydrogens is 248 g/mol. The number of aromatic nitrogens is 3. The fraction of sp³-hybridized carbons (Fsp3) is 0.417. The SMILES string of the molecule is CCc1cc(CC(=O)Cc2csc(N)n2)n(C)n1. The maximum atomic E-state index is 11.9. The topological polar surface area (TPSA) is 73.8 Å². The quantitative estimate of drug-likeness (QED) is 0.885. The van der Waals surface area contributed by atoms with Gasteiger partial charge >= 0.3 is 0 Å². The van der Waals surface area contributed by atoms with Gasteiger partial charge in [0, 0.05) is 24.5 Å². The number of Topliss-reactive ketones (excluding diaryl/α,β-unsaturated/α-hetero) is 1. The van der Waals surface area contributed by atoms with Gasteiger partial charge in [0.05, 0.1) is 17.8 Å². The van der Waals surface area contributed by atoms with Crippen LogP contribution in [0.5, 0.6) is 0 Å².